The SMILES string of the molecule is COC(=O)C(ON)C1CCCC1. The van der Waals surface area contributed by atoms with Gasteiger partial charge in [0.1, 0.15) is 0 Å². The van der Waals surface area contributed by atoms with Crippen LogP contribution in [0.3, 0.4) is 0 Å². The summed E-state index contributed by atoms with van der Waals surface area (Å²) in [6.07, 6.45) is 3.77. The summed E-state index contributed by atoms with van der Waals surface area (Å²) in [7, 11) is 1.35. The maximum atomic E-state index is 11.1. The highest BCUT2D eigenvalue weighted by atomic mass is 16.6. The number of hydrogen-bond acceptors (Lipinski definition) is 4. The molecule has 1 aliphatic rings. The van der Waals surface area contributed by atoms with Crippen LogP contribution in [0.25, 0.3) is 0 Å². The van der Waals surface area contributed by atoms with Crippen molar-refractivity contribution in [2.45, 2.75) is 31.8 Å². The van der Waals surface area contributed by atoms with Crippen molar-refractivity contribution < 1.29 is 14.4 Å². The summed E-state index contributed by atoms with van der Waals surface area (Å²) >= 11 is 0. The van der Waals surface area contributed by atoms with E-state index < -0.39 is 6.10 Å². The normalized spacial score (nSPS) is 20.8. The zero-order valence-electron chi connectivity index (χ0n) is 7.29. The Balaban J connectivity index is 2.48. The minimum Gasteiger partial charge on any atom is -0.467 e. The van der Waals surface area contributed by atoms with Crippen LogP contribution in [0.15, 0.2) is 0 Å². The van der Waals surface area contributed by atoms with E-state index in [0.717, 1.165) is 25.7 Å². The van der Waals surface area contributed by atoms with Gasteiger partial charge >= 0.3 is 5.97 Å². The van der Waals surface area contributed by atoms with Crippen molar-refractivity contribution in [3.8, 4) is 0 Å². The molecule has 0 radical (unpaired) electrons. The van der Waals surface area contributed by atoms with Gasteiger partial charge in [0.05, 0.1) is 7.11 Å². The third-order valence-electron chi connectivity index (χ3n) is 2.41. The summed E-state index contributed by atoms with van der Waals surface area (Å²) in [5, 5.41) is 0. The van der Waals surface area contributed by atoms with Crippen LogP contribution in [0.2, 0.25) is 0 Å². The van der Waals surface area contributed by atoms with E-state index in [-0.39, 0.29) is 11.9 Å². The third-order valence-corrected chi connectivity index (χ3v) is 2.41. The first kappa shape index (κ1) is 9.48. The van der Waals surface area contributed by atoms with Gasteiger partial charge in [-0.25, -0.2) is 10.7 Å². The molecule has 1 rings (SSSR count). The summed E-state index contributed by atoms with van der Waals surface area (Å²) in [4.78, 5) is 15.7. The molecule has 70 valence electrons. The molecule has 0 aromatic carbocycles. The van der Waals surface area contributed by atoms with Crippen LogP contribution in [-0.2, 0) is 14.4 Å². The van der Waals surface area contributed by atoms with E-state index in [1.54, 1.807) is 0 Å². The van der Waals surface area contributed by atoms with E-state index in [1.165, 1.54) is 7.11 Å². The van der Waals surface area contributed by atoms with Crippen LogP contribution < -0.4 is 5.90 Å². The van der Waals surface area contributed by atoms with Crippen LogP contribution in [0.4, 0.5) is 0 Å². The van der Waals surface area contributed by atoms with Gasteiger partial charge in [0.2, 0.25) is 0 Å². The second kappa shape index (κ2) is 4.42. The highest BCUT2D eigenvalue weighted by Gasteiger charge is 2.31. The van der Waals surface area contributed by atoms with Gasteiger partial charge in [-0.2, -0.15) is 0 Å². The van der Waals surface area contributed by atoms with Crippen LogP contribution >= 0.6 is 0 Å². The summed E-state index contributed by atoms with van der Waals surface area (Å²) in [6.45, 7) is 0. The fourth-order valence-electron chi connectivity index (χ4n) is 1.74. The van der Waals surface area contributed by atoms with Gasteiger partial charge in [0.15, 0.2) is 6.10 Å². The number of carbonyl (C=O) groups excluding carboxylic acids is 1. The number of ether oxygens (including phenoxy) is 1. The third kappa shape index (κ3) is 1.95. The smallest absolute Gasteiger partial charge is 0.337 e. The molecule has 1 atom stereocenters. The minimum absolute atomic E-state index is 0.252. The summed E-state index contributed by atoms with van der Waals surface area (Å²) in [5.74, 6) is 4.92. The number of nitrogens with two attached hydrogens (primary N) is 1. The Labute approximate surface area is 72.0 Å². The molecule has 0 amide bonds. The Morgan fingerprint density at radius 2 is 2.08 bits per heavy atom. The molecule has 2 N–H and O–H groups in total. The first-order chi connectivity index (χ1) is 5.79. The van der Waals surface area contributed by atoms with Crippen LogP contribution in [0, 0.1) is 5.92 Å². The number of methoxy groups -OCH3 is 1. The standard InChI is InChI=1S/C8H15NO3/c1-11-8(10)7(12-9)6-4-2-3-5-6/h6-7H,2-5,9H2,1H3. The first-order valence-electron chi connectivity index (χ1n) is 4.23. The fraction of sp³-hybridized carbons (Fsp3) is 0.875. The number of carbonyl (C=O) groups is 1. The molecule has 4 heteroatoms. The number of hydrogen-bond donors (Lipinski definition) is 1. The topological polar surface area (TPSA) is 61.5 Å². The lowest BCUT2D eigenvalue weighted by molar-refractivity contribution is -0.158. The largest absolute Gasteiger partial charge is 0.467 e. The molecule has 1 saturated carbocycles. The Kier molecular flexibility index (Phi) is 3.49. The summed E-state index contributed by atoms with van der Waals surface area (Å²) in [6, 6.07) is 0. The molecule has 0 spiro atoms. The first-order valence-corrected chi connectivity index (χ1v) is 4.23. The molecule has 4 nitrogen and oxygen atoms in total. The van der Waals surface area contributed by atoms with Crippen LogP contribution in [0.5, 0.6) is 0 Å². The van der Waals surface area contributed by atoms with Gasteiger partial charge in [-0.3, -0.25) is 4.84 Å². The fourth-order valence-corrected chi connectivity index (χ4v) is 1.74. The Morgan fingerprint density at radius 3 is 2.50 bits per heavy atom. The lowest BCUT2D eigenvalue weighted by Crippen LogP contribution is -2.34. The van der Waals surface area contributed by atoms with Crippen molar-refractivity contribution in [3.63, 3.8) is 0 Å². The van der Waals surface area contributed by atoms with Crippen LogP contribution in [-0.4, -0.2) is 19.2 Å². The maximum absolute atomic E-state index is 11.1. The van der Waals surface area contributed by atoms with Gasteiger partial charge in [-0.05, 0) is 18.8 Å². The second-order valence-electron chi connectivity index (χ2n) is 3.12. The van der Waals surface area contributed by atoms with Gasteiger partial charge in [0, 0.05) is 0 Å². The lowest BCUT2D eigenvalue weighted by Gasteiger charge is -2.17. The Hall–Kier alpha value is -0.610. The zero-order valence-corrected chi connectivity index (χ0v) is 7.29. The van der Waals surface area contributed by atoms with Crippen molar-refractivity contribution in [1.29, 1.82) is 0 Å². The van der Waals surface area contributed by atoms with Crippen molar-refractivity contribution in [2.24, 2.45) is 11.8 Å². The van der Waals surface area contributed by atoms with Crippen molar-refractivity contribution in [3.05, 3.63) is 0 Å². The van der Waals surface area contributed by atoms with E-state index in [2.05, 4.69) is 9.57 Å². The predicted molar refractivity (Wildman–Crippen MR) is 43.0 cm³/mol. The Bertz CT molecular complexity index is 154. The van der Waals surface area contributed by atoms with E-state index >= 15 is 0 Å². The molecule has 0 bridgehead atoms. The average molecular weight is 173 g/mol. The van der Waals surface area contributed by atoms with Crippen LogP contribution in [0.1, 0.15) is 25.7 Å². The van der Waals surface area contributed by atoms with Gasteiger partial charge < -0.3 is 4.74 Å². The highest BCUT2D eigenvalue weighted by Crippen LogP contribution is 2.29. The number of esters is 1. The number of rotatable bonds is 3. The van der Waals surface area contributed by atoms with Crippen molar-refractivity contribution >= 4 is 5.97 Å². The zero-order chi connectivity index (χ0) is 8.97. The van der Waals surface area contributed by atoms with Crippen molar-refractivity contribution in [1.82, 2.24) is 0 Å². The molecule has 12 heavy (non-hydrogen) atoms. The minimum atomic E-state index is -0.558. The predicted octanol–water partition coefficient (Wildman–Crippen LogP) is 0.608. The molecule has 1 fully saturated rings. The van der Waals surface area contributed by atoms with Gasteiger partial charge in [0.25, 0.3) is 0 Å². The maximum Gasteiger partial charge on any atom is 0.337 e. The molecular weight excluding hydrogens is 158 g/mol. The van der Waals surface area contributed by atoms with E-state index in [1.807, 2.05) is 0 Å². The highest BCUT2D eigenvalue weighted by molar-refractivity contribution is 5.74. The average Bonchev–Trinajstić information content (AvgIpc) is 2.58. The monoisotopic (exact) mass is 173 g/mol. The molecule has 0 aliphatic heterocycles. The molecule has 0 aromatic heterocycles. The lowest BCUT2D eigenvalue weighted by atomic mass is 10.0. The molecule has 0 aromatic rings. The summed E-state index contributed by atoms with van der Waals surface area (Å²) < 4.78 is 4.57. The molecule has 0 saturated heterocycles. The quantitative estimate of drug-likeness (QED) is 0.501. The molecular formula is C8H15NO3. The summed E-state index contributed by atoms with van der Waals surface area (Å²) in [5.41, 5.74) is 0. The molecule has 0 heterocycles. The second-order valence-corrected chi connectivity index (χ2v) is 3.12. The van der Waals surface area contributed by atoms with Gasteiger partial charge in [-0.1, -0.05) is 12.8 Å². The molecule has 1 aliphatic carbocycles. The van der Waals surface area contributed by atoms with E-state index in [9.17, 15) is 4.79 Å². The molecule has 1 unspecified atom stereocenters. The van der Waals surface area contributed by atoms with E-state index in [0.29, 0.717) is 0 Å². The van der Waals surface area contributed by atoms with Gasteiger partial charge in [-0.15, -0.1) is 0 Å². The van der Waals surface area contributed by atoms with Crippen molar-refractivity contribution in [2.75, 3.05) is 7.11 Å². The Morgan fingerprint density at radius 1 is 1.50 bits per heavy atom. The van der Waals surface area contributed by atoms with E-state index in [4.69, 9.17) is 5.90 Å².